The van der Waals surface area contributed by atoms with Crippen LogP contribution in [0.25, 0.3) is 21.3 Å². The summed E-state index contributed by atoms with van der Waals surface area (Å²) in [6, 6.07) is 17.4. The first-order chi connectivity index (χ1) is 15.5. The third-order valence-corrected chi connectivity index (χ3v) is 7.04. The average Bonchev–Trinajstić information content (AvgIpc) is 3.26. The number of methoxy groups -OCH3 is 1. The van der Waals surface area contributed by atoms with Crippen molar-refractivity contribution in [2.45, 2.75) is 24.5 Å². The van der Waals surface area contributed by atoms with E-state index in [1.165, 1.54) is 23.1 Å². The Morgan fingerprint density at radius 1 is 1.22 bits per heavy atom. The van der Waals surface area contributed by atoms with Gasteiger partial charge >= 0.3 is 0 Å². The molecule has 0 spiro atoms. The largest absolute Gasteiger partial charge is 0.497 e. The number of hydrogen-bond acceptors (Lipinski definition) is 6. The van der Waals surface area contributed by atoms with E-state index >= 15 is 0 Å². The molecule has 2 N–H and O–H groups in total. The van der Waals surface area contributed by atoms with Gasteiger partial charge < -0.3 is 15.0 Å². The number of aromatic nitrogens is 2. The molecule has 0 fully saturated rings. The Hall–Kier alpha value is -3.10. The number of H-pyrrole nitrogens is 1. The van der Waals surface area contributed by atoms with Gasteiger partial charge in [-0.1, -0.05) is 42.5 Å². The van der Waals surface area contributed by atoms with E-state index in [1.54, 1.807) is 7.11 Å². The molecular weight excluding hydrogens is 442 g/mol. The predicted octanol–water partition coefficient (Wildman–Crippen LogP) is 4.60. The van der Waals surface area contributed by atoms with Crippen molar-refractivity contribution < 1.29 is 9.53 Å². The number of fused-ring (bicyclic) bond motifs is 1. The molecule has 32 heavy (non-hydrogen) atoms. The van der Waals surface area contributed by atoms with Crippen molar-refractivity contribution in [3.63, 3.8) is 0 Å². The predicted molar refractivity (Wildman–Crippen MR) is 131 cm³/mol. The van der Waals surface area contributed by atoms with Gasteiger partial charge in [-0.25, -0.2) is 4.98 Å². The van der Waals surface area contributed by atoms with E-state index in [0.717, 1.165) is 22.4 Å². The molecule has 0 aliphatic heterocycles. The molecule has 0 bridgehead atoms. The molecule has 2 aromatic carbocycles. The maximum atomic E-state index is 12.8. The molecule has 164 valence electrons. The zero-order valence-corrected chi connectivity index (χ0v) is 19.4. The number of aromatic amines is 1. The molecule has 0 unspecified atom stereocenters. The van der Waals surface area contributed by atoms with E-state index in [2.05, 4.69) is 15.3 Å². The molecule has 0 radical (unpaired) electrons. The van der Waals surface area contributed by atoms with Gasteiger partial charge in [0.2, 0.25) is 5.91 Å². The average molecular weight is 466 g/mol. The van der Waals surface area contributed by atoms with Gasteiger partial charge in [0.1, 0.15) is 16.4 Å². The molecule has 1 amide bonds. The highest BCUT2D eigenvalue weighted by atomic mass is 32.2. The second-order valence-electron chi connectivity index (χ2n) is 7.23. The molecule has 4 rings (SSSR count). The highest BCUT2D eigenvalue weighted by Gasteiger charge is 2.16. The summed E-state index contributed by atoms with van der Waals surface area (Å²) < 4.78 is 5.21. The smallest absolute Gasteiger partial charge is 0.260 e. The van der Waals surface area contributed by atoms with E-state index in [0.29, 0.717) is 28.3 Å². The number of hydrogen-bond donors (Lipinski definition) is 2. The fourth-order valence-electron chi connectivity index (χ4n) is 3.29. The van der Waals surface area contributed by atoms with Crippen molar-refractivity contribution in [3.8, 4) is 16.9 Å². The third-order valence-electron chi connectivity index (χ3n) is 5.02. The summed E-state index contributed by atoms with van der Waals surface area (Å²) in [7, 11) is 1.62. The van der Waals surface area contributed by atoms with Crippen LogP contribution in [-0.4, -0.2) is 28.2 Å². The second kappa shape index (κ2) is 10.0. The van der Waals surface area contributed by atoms with Gasteiger partial charge in [0.25, 0.3) is 5.56 Å². The first kappa shape index (κ1) is 22.1. The zero-order valence-electron chi connectivity index (χ0n) is 17.8. The van der Waals surface area contributed by atoms with Crippen LogP contribution >= 0.6 is 23.1 Å². The molecule has 1 atom stereocenters. The Labute approximate surface area is 194 Å². The second-order valence-corrected chi connectivity index (χ2v) is 9.42. The van der Waals surface area contributed by atoms with Gasteiger partial charge in [-0.05, 0) is 30.2 Å². The molecule has 0 saturated heterocycles. The summed E-state index contributed by atoms with van der Waals surface area (Å²) in [4.78, 5) is 33.4. The lowest BCUT2D eigenvalue weighted by Gasteiger charge is -2.12. The molecule has 2 heterocycles. The molecule has 2 aromatic heterocycles. The Bertz CT molecular complexity index is 1280. The van der Waals surface area contributed by atoms with E-state index in [1.807, 2.05) is 66.9 Å². The highest BCUT2D eigenvalue weighted by Crippen LogP contribution is 2.30. The van der Waals surface area contributed by atoms with Crippen molar-refractivity contribution in [1.29, 1.82) is 0 Å². The minimum absolute atomic E-state index is 0.0660. The number of benzene rings is 2. The van der Waals surface area contributed by atoms with Crippen molar-refractivity contribution in [3.05, 3.63) is 81.7 Å². The fraction of sp³-hybridized carbons (Fsp3) is 0.208. The molecule has 4 aromatic rings. The van der Waals surface area contributed by atoms with Crippen LogP contribution in [0.3, 0.4) is 0 Å². The van der Waals surface area contributed by atoms with Crippen LogP contribution in [0.4, 0.5) is 0 Å². The van der Waals surface area contributed by atoms with E-state index in [4.69, 9.17) is 4.74 Å². The van der Waals surface area contributed by atoms with Crippen molar-refractivity contribution in [2.75, 3.05) is 7.11 Å². The number of thioether (sulfide) groups is 1. The van der Waals surface area contributed by atoms with Crippen molar-refractivity contribution >= 4 is 39.2 Å². The van der Waals surface area contributed by atoms with Gasteiger partial charge in [0.15, 0.2) is 0 Å². The first-order valence-electron chi connectivity index (χ1n) is 10.1. The normalized spacial score (nSPS) is 11.9. The van der Waals surface area contributed by atoms with Crippen LogP contribution in [0.1, 0.15) is 18.3 Å². The van der Waals surface area contributed by atoms with Gasteiger partial charge in [-0.15, -0.1) is 23.1 Å². The number of nitrogens with zero attached hydrogens (tertiary/aromatic N) is 1. The third kappa shape index (κ3) is 5.03. The van der Waals surface area contributed by atoms with Gasteiger partial charge in [-0.3, -0.25) is 9.59 Å². The van der Waals surface area contributed by atoms with Crippen molar-refractivity contribution in [1.82, 2.24) is 15.3 Å². The Morgan fingerprint density at radius 3 is 2.81 bits per heavy atom. The summed E-state index contributed by atoms with van der Waals surface area (Å²) in [5, 5.41) is 5.23. The summed E-state index contributed by atoms with van der Waals surface area (Å²) in [6.45, 7) is 2.28. The monoisotopic (exact) mass is 465 g/mol. The minimum atomic E-state index is -0.287. The lowest BCUT2D eigenvalue weighted by Crippen LogP contribution is -2.30. The van der Waals surface area contributed by atoms with E-state index < -0.39 is 0 Å². The Kier molecular flexibility index (Phi) is 6.92. The molecule has 8 heteroatoms. The molecular formula is C24H23N3O3S2. The summed E-state index contributed by atoms with van der Waals surface area (Å²) in [5.74, 6) is 1.70. The maximum Gasteiger partial charge on any atom is 0.260 e. The van der Waals surface area contributed by atoms with Crippen LogP contribution in [0.5, 0.6) is 5.75 Å². The van der Waals surface area contributed by atoms with Crippen LogP contribution in [0.2, 0.25) is 0 Å². The van der Waals surface area contributed by atoms with Crippen LogP contribution in [0, 0.1) is 0 Å². The number of nitrogens with one attached hydrogen (secondary N) is 2. The standard InChI is InChI=1S/C24H23N3O3S2/c1-15(22(28)25-12-16-7-6-10-18(11-16)30-2)31-14-20-26-23(29)21-19(13-32-24(21)27-20)17-8-4-3-5-9-17/h3-11,13,15H,12,14H2,1-2H3,(H,25,28)(H,26,27,29)/t15-/m0/s1. The summed E-state index contributed by atoms with van der Waals surface area (Å²) in [5.41, 5.74) is 2.71. The number of carbonyl (C=O) groups is 1. The van der Waals surface area contributed by atoms with Gasteiger partial charge in [0.05, 0.1) is 23.5 Å². The lowest BCUT2D eigenvalue weighted by molar-refractivity contribution is -0.120. The molecule has 0 aliphatic rings. The first-order valence-corrected chi connectivity index (χ1v) is 12.1. The minimum Gasteiger partial charge on any atom is -0.497 e. The van der Waals surface area contributed by atoms with Crippen LogP contribution in [-0.2, 0) is 17.1 Å². The summed E-state index contributed by atoms with van der Waals surface area (Å²) >= 11 is 2.89. The van der Waals surface area contributed by atoms with E-state index in [9.17, 15) is 9.59 Å². The number of thiophene rings is 1. The molecule has 0 aliphatic carbocycles. The Morgan fingerprint density at radius 2 is 2.03 bits per heavy atom. The fourth-order valence-corrected chi connectivity index (χ4v) is 5.03. The van der Waals surface area contributed by atoms with Crippen molar-refractivity contribution in [2.24, 2.45) is 0 Å². The summed E-state index contributed by atoms with van der Waals surface area (Å²) in [6.07, 6.45) is 0. The molecule has 6 nitrogen and oxygen atoms in total. The number of rotatable bonds is 8. The van der Waals surface area contributed by atoms with Crippen LogP contribution < -0.4 is 15.6 Å². The molecule has 0 saturated carbocycles. The maximum absolute atomic E-state index is 12.8. The number of ether oxygens (including phenoxy) is 1. The quantitative estimate of drug-likeness (QED) is 0.397. The van der Waals surface area contributed by atoms with E-state index in [-0.39, 0.29) is 16.7 Å². The van der Waals surface area contributed by atoms with Gasteiger partial charge in [-0.2, -0.15) is 0 Å². The lowest BCUT2D eigenvalue weighted by atomic mass is 10.1. The SMILES string of the molecule is COc1cccc(CNC(=O)[C@H](C)SCc2nc3scc(-c4ccccc4)c3c(=O)[nH]2)c1. The number of amides is 1. The zero-order chi connectivity index (χ0) is 22.5. The topological polar surface area (TPSA) is 84.1 Å². The van der Waals surface area contributed by atoms with Crippen LogP contribution in [0.15, 0.2) is 64.8 Å². The van der Waals surface area contributed by atoms with Gasteiger partial charge in [0, 0.05) is 17.5 Å². The number of carbonyl (C=O) groups excluding carboxylic acids is 1. The highest BCUT2D eigenvalue weighted by molar-refractivity contribution is 7.99. The Balaban J connectivity index is 1.39.